The molecule has 5 nitrogen and oxygen atoms in total. The van der Waals surface area contributed by atoms with Crippen LogP contribution in [0.15, 0.2) is 145 Å². The normalized spacial score (nSPS) is 14.2. The van der Waals surface area contributed by atoms with Gasteiger partial charge >= 0.3 is 0 Å². The molecule has 0 aliphatic heterocycles. The average molecular weight is 537 g/mol. The van der Waals surface area contributed by atoms with Gasteiger partial charge in [0.05, 0.1) is 28.8 Å². The summed E-state index contributed by atoms with van der Waals surface area (Å²) >= 11 is 0. The first kappa shape index (κ1) is 25.8. The number of anilines is 5. The number of hydrogen-bond donors (Lipinski definition) is 4. The van der Waals surface area contributed by atoms with Gasteiger partial charge in [0.15, 0.2) is 0 Å². The van der Waals surface area contributed by atoms with Crippen LogP contribution in [0.3, 0.4) is 0 Å². The highest BCUT2D eigenvalue weighted by Crippen LogP contribution is 2.32. The summed E-state index contributed by atoms with van der Waals surface area (Å²) in [5.74, 6) is 1.62. The number of nitrogens with two attached hydrogens (primary N) is 2. The van der Waals surface area contributed by atoms with Crippen molar-refractivity contribution in [3.63, 3.8) is 0 Å². The Kier molecular flexibility index (Phi) is 7.41. The van der Waals surface area contributed by atoms with E-state index in [0.717, 1.165) is 50.8 Å². The number of nitrogens with one attached hydrogen (secondary N) is 2. The Morgan fingerprint density at radius 3 is 1.88 bits per heavy atom. The van der Waals surface area contributed by atoms with Crippen molar-refractivity contribution in [1.82, 2.24) is 0 Å². The lowest BCUT2D eigenvalue weighted by Crippen LogP contribution is -2.21. The first-order valence-corrected chi connectivity index (χ1v) is 13.7. The third kappa shape index (κ3) is 6.26. The van der Waals surface area contributed by atoms with Crippen LogP contribution >= 0.6 is 0 Å². The van der Waals surface area contributed by atoms with Crippen molar-refractivity contribution < 1.29 is 4.74 Å². The van der Waals surface area contributed by atoms with Crippen molar-refractivity contribution in [3.05, 3.63) is 145 Å². The molecule has 41 heavy (non-hydrogen) atoms. The predicted octanol–water partition coefficient (Wildman–Crippen LogP) is 8.63. The second-order valence-electron chi connectivity index (χ2n) is 10.1. The zero-order valence-corrected chi connectivity index (χ0v) is 22.6. The molecule has 1 unspecified atom stereocenters. The molecule has 0 aromatic heterocycles. The number of nitrogen functional groups attached to an aromatic ring is 2. The van der Waals surface area contributed by atoms with Gasteiger partial charge in [0.2, 0.25) is 0 Å². The molecule has 5 aromatic carbocycles. The number of allylic oxidation sites excluding steroid dienone is 2. The largest absolute Gasteiger partial charge is 0.462 e. The molecule has 0 heterocycles. The molecule has 202 valence electrons. The van der Waals surface area contributed by atoms with Crippen molar-refractivity contribution in [1.29, 1.82) is 0 Å². The molecule has 1 atom stereocenters. The average Bonchev–Trinajstić information content (AvgIpc) is 3.00. The third-order valence-electron chi connectivity index (χ3n) is 7.07. The summed E-state index contributed by atoms with van der Waals surface area (Å²) in [6.07, 6.45) is 6.84. The lowest BCUT2D eigenvalue weighted by molar-refractivity contribution is 0.398. The summed E-state index contributed by atoms with van der Waals surface area (Å²) in [4.78, 5) is 0. The SMILES string of the molecule is Nc1cc(-c2ccccc2)ccc1Nc1cccc(OC2=CC=CC(Nc3ccc(-c4ccccc4)cc3N)C2)c1. The zero-order valence-electron chi connectivity index (χ0n) is 22.6. The number of benzene rings is 5. The maximum atomic E-state index is 6.41. The molecule has 0 saturated heterocycles. The quantitative estimate of drug-likeness (QED) is 0.149. The Morgan fingerprint density at radius 1 is 0.610 bits per heavy atom. The van der Waals surface area contributed by atoms with Crippen LogP contribution in [0.2, 0.25) is 0 Å². The van der Waals surface area contributed by atoms with Gasteiger partial charge in [0.1, 0.15) is 11.5 Å². The van der Waals surface area contributed by atoms with Crippen LogP contribution in [0.25, 0.3) is 22.3 Å². The molecule has 1 aliphatic rings. The monoisotopic (exact) mass is 536 g/mol. The molecule has 1 aliphatic carbocycles. The standard InChI is InChI=1S/C36H32N4O/c37-33-21-27(25-9-3-1-4-10-25)17-19-35(33)39-29-13-7-15-31(23-29)41-32-16-8-14-30(24-32)40-36-20-18-28(22-34(36)38)26-11-5-2-6-12-26/h1-23,30,39-40H,24,37-38H2. The van der Waals surface area contributed by atoms with Gasteiger partial charge in [0, 0.05) is 18.2 Å². The Hall–Kier alpha value is -5.42. The van der Waals surface area contributed by atoms with E-state index in [0.29, 0.717) is 17.8 Å². The van der Waals surface area contributed by atoms with E-state index in [1.165, 1.54) is 0 Å². The van der Waals surface area contributed by atoms with Gasteiger partial charge < -0.3 is 26.8 Å². The van der Waals surface area contributed by atoms with E-state index in [-0.39, 0.29) is 6.04 Å². The van der Waals surface area contributed by atoms with Crippen molar-refractivity contribution in [3.8, 4) is 28.0 Å². The minimum Gasteiger partial charge on any atom is -0.462 e. The van der Waals surface area contributed by atoms with E-state index in [1.807, 2.05) is 97.1 Å². The van der Waals surface area contributed by atoms with E-state index < -0.39 is 0 Å². The molecule has 0 saturated carbocycles. The van der Waals surface area contributed by atoms with Gasteiger partial charge in [-0.2, -0.15) is 0 Å². The topological polar surface area (TPSA) is 85.3 Å². The Morgan fingerprint density at radius 2 is 1.24 bits per heavy atom. The molecule has 6 rings (SSSR count). The fourth-order valence-electron chi connectivity index (χ4n) is 4.96. The summed E-state index contributed by atoms with van der Waals surface area (Å²) in [7, 11) is 0. The van der Waals surface area contributed by atoms with Crippen LogP contribution in [0.1, 0.15) is 6.42 Å². The highest BCUT2D eigenvalue weighted by molar-refractivity contribution is 5.79. The smallest absolute Gasteiger partial charge is 0.129 e. The highest BCUT2D eigenvalue weighted by atomic mass is 16.5. The maximum absolute atomic E-state index is 6.41. The van der Waals surface area contributed by atoms with Crippen molar-refractivity contribution >= 4 is 28.4 Å². The summed E-state index contributed by atoms with van der Waals surface area (Å²) in [6, 6.07) is 40.6. The lowest BCUT2D eigenvalue weighted by atomic mass is 10.0. The predicted molar refractivity (Wildman–Crippen MR) is 172 cm³/mol. The van der Waals surface area contributed by atoms with E-state index in [2.05, 4.69) is 53.1 Å². The summed E-state index contributed by atoms with van der Waals surface area (Å²) < 4.78 is 6.28. The van der Waals surface area contributed by atoms with Crippen LogP contribution in [0.4, 0.5) is 28.4 Å². The molecule has 0 bridgehead atoms. The van der Waals surface area contributed by atoms with E-state index in [9.17, 15) is 0 Å². The second-order valence-corrected chi connectivity index (χ2v) is 10.1. The van der Waals surface area contributed by atoms with Crippen LogP contribution in [-0.4, -0.2) is 6.04 Å². The van der Waals surface area contributed by atoms with Crippen LogP contribution in [-0.2, 0) is 0 Å². The van der Waals surface area contributed by atoms with Crippen LogP contribution in [0.5, 0.6) is 5.75 Å². The fraction of sp³-hybridized carbons (Fsp3) is 0.0556. The van der Waals surface area contributed by atoms with Crippen LogP contribution in [0, 0.1) is 0 Å². The van der Waals surface area contributed by atoms with Gasteiger partial charge in [-0.15, -0.1) is 0 Å². The van der Waals surface area contributed by atoms with Gasteiger partial charge in [-0.1, -0.05) is 91.0 Å². The molecular formula is C36H32N4O. The van der Waals surface area contributed by atoms with Crippen molar-refractivity contribution in [2.75, 3.05) is 22.1 Å². The number of rotatable bonds is 8. The molecule has 5 heteroatoms. The van der Waals surface area contributed by atoms with Gasteiger partial charge in [-0.25, -0.2) is 0 Å². The van der Waals surface area contributed by atoms with Gasteiger partial charge in [0.25, 0.3) is 0 Å². The summed E-state index contributed by atoms with van der Waals surface area (Å²) in [5, 5.41) is 6.98. The minimum absolute atomic E-state index is 0.0594. The van der Waals surface area contributed by atoms with Crippen molar-refractivity contribution in [2.45, 2.75) is 12.5 Å². The molecular weight excluding hydrogens is 504 g/mol. The van der Waals surface area contributed by atoms with E-state index in [1.54, 1.807) is 0 Å². The molecule has 0 spiro atoms. The minimum atomic E-state index is 0.0594. The second kappa shape index (κ2) is 11.8. The van der Waals surface area contributed by atoms with Crippen molar-refractivity contribution in [2.24, 2.45) is 0 Å². The van der Waals surface area contributed by atoms with Gasteiger partial charge in [-0.3, -0.25) is 0 Å². The Balaban J connectivity index is 1.09. The first-order valence-electron chi connectivity index (χ1n) is 13.7. The molecule has 5 aromatic rings. The van der Waals surface area contributed by atoms with Gasteiger partial charge in [-0.05, 0) is 64.7 Å². The Labute approximate surface area is 240 Å². The summed E-state index contributed by atoms with van der Waals surface area (Å²) in [5.41, 5.74) is 21.3. The molecule has 0 fully saturated rings. The molecule has 0 radical (unpaired) electrons. The first-order chi connectivity index (χ1) is 20.1. The molecule has 0 amide bonds. The van der Waals surface area contributed by atoms with Crippen LogP contribution < -0.4 is 26.8 Å². The fourth-order valence-corrected chi connectivity index (χ4v) is 4.96. The maximum Gasteiger partial charge on any atom is 0.129 e. The highest BCUT2D eigenvalue weighted by Gasteiger charge is 2.15. The number of hydrogen-bond acceptors (Lipinski definition) is 5. The third-order valence-corrected chi connectivity index (χ3v) is 7.07. The number of ether oxygens (including phenoxy) is 1. The lowest BCUT2D eigenvalue weighted by Gasteiger charge is -2.22. The Bertz CT molecular complexity index is 1710. The van der Waals surface area contributed by atoms with E-state index >= 15 is 0 Å². The summed E-state index contributed by atoms with van der Waals surface area (Å²) in [6.45, 7) is 0. The molecule has 6 N–H and O–H groups in total. The zero-order chi connectivity index (χ0) is 28.0. The van der Waals surface area contributed by atoms with E-state index in [4.69, 9.17) is 16.2 Å².